The van der Waals surface area contributed by atoms with Crippen LogP contribution in [0.5, 0.6) is 0 Å². The maximum atomic E-state index is 12.6. The molecule has 0 bridgehead atoms. The largest absolute Gasteiger partial charge is 0.398 e. The lowest BCUT2D eigenvalue weighted by Crippen LogP contribution is -2.35. The van der Waals surface area contributed by atoms with Crippen LogP contribution in [0.3, 0.4) is 0 Å². The van der Waals surface area contributed by atoms with Gasteiger partial charge in [-0.3, -0.25) is 4.79 Å². The minimum Gasteiger partial charge on any atom is -0.398 e. The van der Waals surface area contributed by atoms with E-state index in [1.165, 1.54) is 5.57 Å². The van der Waals surface area contributed by atoms with Gasteiger partial charge in [-0.25, -0.2) is 0 Å². The molecule has 2 N–H and O–H groups in total. The van der Waals surface area contributed by atoms with Gasteiger partial charge in [-0.05, 0) is 36.2 Å². The van der Waals surface area contributed by atoms with Crippen molar-refractivity contribution in [2.75, 3.05) is 18.8 Å². The number of nitrogen functional groups attached to an aromatic ring is 1. The Bertz CT molecular complexity index is 703. The summed E-state index contributed by atoms with van der Waals surface area (Å²) >= 11 is 0. The summed E-state index contributed by atoms with van der Waals surface area (Å²) in [7, 11) is 0. The highest BCUT2D eigenvalue weighted by Gasteiger charge is 2.19. The third kappa shape index (κ3) is 2.27. The fourth-order valence-corrected chi connectivity index (χ4v) is 2.57. The Hall–Kier alpha value is -2.29. The molecule has 3 heteroatoms. The predicted octanol–water partition coefficient (Wildman–Crippen LogP) is 3.21. The molecular weight excluding hydrogens is 248 g/mol. The van der Waals surface area contributed by atoms with Crippen LogP contribution in [0.1, 0.15) is 23.7 Å². The van der Waals surface area contributed by atoms with Crippen molar-refractivity contribution in [3.63, 3.8) is 0 Å². The van der Waals surface area contributed by atoms with Crippen LogP contribution in [0.25, 0.3) is 10.8 Å². The van der Waals surface area contributed by atoms with Gasteiger partial charge < -0.3 is 10.6 Å². The standard InChI is InChI=1S/C17H18N2O/c1-12-6-8-19(9-7-12)17(20)15-10-13-4-2-3-5-14(13)11-16(15)18/h2-6,10-11H,7-9,18H2,1H3. The molecule has 3 rings (SSSR count). The normalized spacial score (nSPS) is 15.2. The Morgan fingerprint density at radius 1 is 1.20 bits per heavy atom. The monoisotopic (exact) mass is 266 g/mol. The lowest BCUT2D eigenvalue weighted by atomic mass is 10.0. The van der Waals surface area contributed by atoms with Gasteiger partial charge in [-0.15, -0.1) is 0 Å². The maximum absolute atomic E-state index is 12.6. The highest BCUT2D eigenvalue weighted by Crippen LogP contribution is 2.24. The molecule has 1 aliphatic rings. The topological polar surface area (TPSA) is 46.3 Å². The quantitative estimate of drug-likeness (QED) is 0.636. The van der Waals surface area contributed by atoms with Gasteiger partial charge in [0, 0.05) is 18.8 Å². The second-order valence-corrected chi connectivity index (χ2v) is 5.34. The van der Waals surface area contributed by atoms with Crippen LogP contribution >= 0.6 is 0 Å². The second kappa shape index (κ2) is 5.00. The summed E-state index contributed by atoms with van der Waals surface area (Å²) in [5.41, 5.74) is 8.57. The molecule has 0 atom stereocenters. The highest BCUT2D eigenvalue weighted by atomic mass is 16.2. The van der Waals surface area contributed by atoms with E-state index < -0.39 is 0 Å². The average molecular weight is 266 g/mol. The van der Waals surface area contributed by atoms with E-state index in [-0.39, 0.29) is 5.91 Å². The number of hydrogen-bond acceptors (Lipinski definition) is 2. The van der Waals surface area contributed by atoms with E-state index in [0.29, 0.717) is 17.8 Å². The number of fused-ring (bicyclic) bond motifs is 1. The minimum absolute atomic E-state index is 0.0250. The zero-order valence-electron chi connectivity index (χ0n) is 11.6. The van der Waals surface area contributed by atoms with Gasteiger partial charge in [-0.1, -0.05) is 35.9 Å². The van der Waals surface area contributed by atoms with Gasteiger partial charge in [0.1, 0.15) is 0 Å². The molecule has 20 heavy (non-hydrogen) atoms. The Labute approximate surface area is 118 Å². The first-order chi connectivity index (χ1) is 9.65. The molecule has 1 aliphatic heterocycles. The zero-order chi connectivity index (χ0) is 14.1. The molecule has 0 spiro atoms. The molecule has 2 aromatic rings. The van der Waals surface area contributed by atoms with Crippen LogP contribution in [0.4, 0.5) is 5.69 Å². The number of nitrogens with zero attached hydrogens (tertiary/aromatic N) is 1. The molecular formula is C17H18N2O. The summed E-state index contributed by atoms with van der Waals surface area (Å²) in [6, 6.07) is 11.7. The third-order valence-electron chi connectivity index (χ3n) is 3.87. The Balaban J connectivity index is 1.97. The van der Waals surface area contributed by atoms with Gasteiger partial charge in [-0.2, -0.15) is 0 Å². The van der Waals surface area contributed by atoms with Crippen LogP contribution in [-0.2, 0) is 0 Å². The summed E-state index contributed by atoms with van der Waals surface area (Å²) in [4.78, 5) is 14.4. The van der Waals surface area contributed by atoms with E-state index in [1.807, 2.05) is 41.3 Å². The molecule has 0 aliphatic carbocycles. The number of carbonyl (C=O) groups excluding carboxylic acids is 1. The van der Waals surface area contributed by atoms with Crippen molar-refractivity contribution in [1.82, 2.24) is 4.90 Å². The molecule has 0 unspecified atom stereocenters. The Morgan fingerprint density at radius 2 is 1.90 bits per heavy atom. The van der Waals surface area contributed by atoms with Crippen LogP contribution < -0.4 is 5.73 Å². The van der Waals surface area contributed by atoms with Crippen LogP contribution in [0, 0.1) is 0 Å². The summed E-state index contributed by atoms with van der Waals surface area (Å²) in [5, 5.41) is 2.12. The number of hydrogen-bond donors (Lipinski definition) is 1. The van der Waals surface area contributed by atoms with Crippen molar-refractivity contribution >= 4 is 22.4 Å². The average Bonchev–Trinajstić information content (AvgIpc) is 2.46. The first-order valence-corrected chi connectivity index (χ1v) is 6.88. The van der Waals surface area contributed by atoms with Crippen molar-refractivity contribution in [3.8, 4) is 0 Å². The fraction of sp³-hybridized carbons (Fsp3) is 0.235. The smallest absolute Gasteiger partial charge is 0.256 e. The van der Waals surface area contributed by atoms with Crippen molar-refractivity contribution in [1.29, 1.82) is 0 Å². The maximum Gasteiger partial charge on any atom is 0.256 e. The van der Waals surface area contributed by atoms with Crippen molar-refractivity contribution < 1.29 is 4.79 Å². The number of nitrogens with two attached hydrogens (primary N) is 1. The molecule has 0 saturated heterocycles. The molecule has 0 fully saturated rings. The molecule has 0 aromatic heterocycles. The first kappa shape index (κ1) is 12.7. The number of carbonyl (C=O) groups is 1. The highest BCUT2D eigenvalue weighted by molar-refractivity contribution is 6.04. The predicted molar refractivity (Wildman–Crippen MR) is 82.6 cm³/mol. The van der Waals surface area contributed by atoms with E-state index in [0.717, 1.165) is 23.7 Å². The molecule has 2 aromatic carbocycles. The van der Waals surface area contributed by atoms with E-state index >= 15 is 0 Å². The summed E-state index contributed by atoms with van der Waals surface area (Å²) in [6.07, 6.45) is 3.05. The van der Waals surface area contributed by atoms with Gasteiger partial charge in [0.2, 0.25) is 0 Å². The van der Waals surface area contributed by atoms with Crippen LogP contribution in [0.2, 0.25) is 0 Å². The number of amides is 1. The molecule has 0 radical (unpaired) electrons. The summed E-state index contributed by atoms with van der Waals surface area (Å²) in [6.45, 7) is 3.55. The van der Waals surface area contributed by atoms with Gasteiger partial charge in [0.15, 0.2) is 0 Å². The molecule has 1 heterocycles. The van der Waals surface area contributed by atoms with E-state index in [4.69, 9.17) is 5.73 Å². The Morgan fingerprint density at radius 3 is 2.55 bits per heavy atom. The van der Waals surface area contributed by atoms with Gasteiger partial charge in [0.25, 0.3) is 5.91 Å². The molecule has 0 saturated carbocycles. The van der Waals surface area contributed by atoms with Crippen molar-refractivity contribution in [2.24, 2.45) is 0 Å². The van der Waals surface area contributed by atoms with E-state index in [1.54, 1.807) is 0 Å². The molecule has 3 nitrogen and oxygen atoms in total. The zero-order valence-corrected chi connectivity index (χ0v) is 11.6. The second-order valence-electron chi connectivity index (χ2n) is 5.34. The Kier molecular flexibility index (Phi) is 3.18. The molecule has 102 valence electrons. The number of benzene rings is 2. The first-order valence-electron chi connectivity index (χ1n) is 6.88. The summed E-state index contributed by atoms with van der Waals surface area (Å²) < 4.78 is 0. The van der Waals surface area contributed by atoms with Crippen molar-refractivity contribution in [2.45, 2.75) is 13.3 Å². The van der Waals surface area contributed by atoms with Gasteiger partial charge in [0.05, 0.1) is 5.56 Å². The van der Waals surface area contributed by atoms with Crippen LogP contribution in [-0.4, -0.2) is 23.9 Å². The minimum atomic E-state index is 0.0250. The van der Waals surface area contributed by atoms with Crippen molar-refractivity contribution in [3.05, 3.63) is 53.6 Å². The van der Waals surface area contributed by atoms with Gasteiger partial charge >= 0.3 is 0 Å². The third-order valence-corrected chi connectivity index (χ3v) is 3.87. The van der Waals surface area contributed by atoms with E-state index in [9.17, 15) is 4.79 Å². The summed E-state index contributed by atoms with van der Waals surface area (Å²) in [5.74, 6) is 0.0250. The number of anilines is 1. The van der Waals surface area contributed by atoms with Crippen LogP contribution in [0.15, 0.2) is 48.0 Å². The lowest BCUT2D eigenvalue weighted by molar-refractivity contribution is 0.0770. The fourth-order valence-electron chi connectivity index (χ4n) is 2.57. The lowest BCUT2D eigenvalue weighted by Gasteiger charge is -2.26. The van der Waals surface area contributed by atoms with E-state index in [2.05, 4.69) is 13.0 Å². The SMILES string of the molecule is CC1=CCN(C(=O)c2cc3ccccc3cc2N)CC1. The number of rotatable bonds is 1. The molecule has 1 amide bonds.